The van der Waals surface area contributed by atoms with Crippen LogP contribution in [0.2, 0.25) is 0 Å². The molecule has 5 heteroatoms. The highest BCUT2D eigenvalue weighted by atomic mass is 32.2. The quantitative estimate of drug-likeness (QED) is 0.630. The van der Waals surface area contributed by atoms with E-state index >= 15 is 0 Å². The highest BCUT2D eigenvalue weighted by Gasteiger charge is 2.35. The van der Waals surface area contributed by atoms with Crippen molar-refractivity contribution in [3.63, 3.8) is 0 Å². The summed E-state index contributed by atoms with van der Waals surface area (Å²) in [5.41, 5.74) is 0.660. The number of Topliss-reactive ketones (excluding diaryl/α,β-unsaturated/α-hetero) is 1. The summed E-state index contributed by atoms with van der Waals surface area (Å²) in [6, 6.07) is 6.32. The molecule has 4 nitrogen and oxygen atoms in total. The van der Waals surface area contributed by atoms with Gasteiger partial charge in [-0.2, -0.15) is 8.42 Å². The van der Waals surface area contributed by atoms with Gasteiger partial charge in [-0.1, -0.05) is 26.0 Å². The lowest BCUT2D eigenvalue weighted by Crippen LogP contribution is -2.33. The molecule has 0 bridgehead atoms. The normalized spacial score (nSPS) is 19.2. The molecule has 0 unspecified atom stereocenters. The Labute approximate surface area is 126 Å². The molecule has 1 aliphatic carbocycles. The second-order valence-corrected chi connectivity index (χ2v) is 8.34. The Balaban J connectivity index is 2.11. The smallest absolute Gasteiger partial charge is 0.312 e. The maximum Gasteiger partial charge on any atom is 0.312 e. The van der Waals surface area contributed by atoms with Crippen LogP contribution in [0.4, 0.5) is 0 Å². The third-order valence-corrected chi connectivity index (χ3v) is 5.86. The van der Waals surface area contributed by atoms with E-state index in [0.29, 0.717) is 18.4 Å². The van der Waals surface area contributed by atoms with E-state index in [1.54, 1.807) is 18.2 Å². The second-order valence-electron chi connectivity index (χ2n) is 6.52. The third-order valence-electron chi connectivity index (χ3n) is 4.15. The summed E-state index contributed by atoms with van der Waals surface area (Å²) in [7, 11) is -3.64. The van der Waals surface area contributed by atoms with E-state index in [1.807, 2.05) is 0 Å². The number of hydrogen-bond acceptors (Lipinski definition) is 4. The number of carbonyl (C=O) groups is 1. The van der Waals surface area contributed by atoms with Gasteiger partial charge < -0.3 is 4.18 Å². The zero-order valence-electron chi connectivity index (χ0n) is 12.8. The van der Waals surface area contributed by atoms with Crippen LogP contribution in [0.1, 0.15) is 56.8 Å². The third kappa shape index (κ3) is 4.06. The maximum atomic E-state index is 12.3. The number of hydrogen-bond donors (Lipinski definition) is 0. The van der Waals surface area contributed by atoms with Gasteiger partial charge in [0, 0.05) is 5.56 Å². The zero-order chi connectivity index (χ0) is 15.7. The van der Waals surface area contributed by atoms with Crippen LogP contribution in [0.3, 0.4) is 0 Å². The minimum Gasteiger partial charge on any atom is -0.382 e. The van der Waals surface area contributed by atoms with Crippen molar-refractivity contribution in [1.29, 1.82) is 0 Å². The first-order chi connectivity index (χ1) is 9.70. The second kappa shape index (κ2) is 5.79. The molecule has 0 spiro atoms. The van der Waals surface area contributed by atoms with Crippen molar-refractivity contribution in [2.24, 2.45) is 5.41 Å². The maximum absolute atomic E-state index is 12.3. The monoisotopic (exact) mass is 310 g/mol. The number of carbonyl (C=O) groups excluding carboxylic acids is 1. The summed E-state index contributed by atoms with van der Waals surface area (Å²) in [6.45, 7) is 5.76. The Bertz CT molecular complexity index is 621. The molecular weight excluding hydrogens is 288 g/mol. The average Bonchev–Trinajstić information content (AvgIpc) is 2.37. The molecule has 1 aromatic rings. The first-order valence-electron chi connectivity index (χ1n) is 7.24. The summed E-state index contributed by atoms with van der Waals surface area (Å²) in [6.07, 6.45) is 3.02. The minimum atomic E-state index is -3.64. The average molecular weight is 310 g/mol. The summed E-state index contributed by atoms with van der Waals surface area (Å²) < 4.78 is 29.9. The fourth-order valence-electron chi connectivity index (χ4n) is 2.63. The highest BCUT2D eigenvalue weighted by Crippen LogP contribution is 2.38. The van der Waals surface area contributed by atoms with Gasteiger partial charge in [-0.15, -0.1) is 0 Å². The van der Waals surface area contributed by atoms with E-state index in [2.05, 4.69) is 13.8 Å². The summed E-state index contributed by atoms with van der Waals surface area (Å²) in [4.78, 5) is 11.3. The molecule has 0 saturated heterocycles. The van der Waals surface area contributed by atoms with Crippen LogP contribution in [0.25, 0.3) is 0 Å². The Hall–Kier alpha value is -1.36. The van der Waals surface area contributed by atoms with E-state index in [-0.39, 0.29) is 16.9 Å². The fraction of sp³-hybridized carbons (Fsp3) is 0.562. The number of ketones is 1. The lowest BCUT2D eigenvalue weighted by Gasteiger charge is -2.33. The molecule has 1 aromatic carbocycles. The van der Waals surface area contributed by atoms with Crippen molar-refractivity contribution in [3.8, 4) is 5.75 Å². The molecule has 0 aromatic heterocycles. The molecule has 1 saturated carbocycles. The lowest BCUT2D eigenvalue weighted by molar-refractivity contribution is 0.101. The van der Waals surface area contributed by atoms with E-state index in [1.165, 1.54) is 13.0 Å². The molecule has 21 heavy (non-hydrogen) atoms. The predicted octanol–water partition coefficient (Wildman–Crippen LogP) is 3.57. The minimum absolute atomic E-state index is 0.114. The predicted molar refractivity (Wildman–Crippen MR) is 82.0 cm³/mol. The van der Waals surface area contributed by atoms with Gasteiger partial charge in [-0.25, -0.2) is 0 Å². The van der Waals surface area contributed by atoms with Crippen LogP contribution in [-0.4, -0.2) is 19.5 Å². The van der Waals surface area contributed by atoms with Crippen LogP contribution in [-0.2, 0) is 10.1 Å². The standard InChI is InChI=1S/C16H22O4S/c1-12(17)13-5-4-6-14(11-13)20-21(18,19)15-7-9-16(2,3)10-8-15/h4-6,11,15H,7-10H2,1-3H3. The van der Waals surface area contributed by atoms with Crippen LogP contribution in [0, 0.1) is 5.41 Å². The van der Waals surface area contributed by atoms with Crippen LogP contribution in [0.5, 0.6) is 5.75 Å². The van der Waals surface area contributed by atoms with Crippen molar-refractivity contribution in [2.45, 2.75) is 51.7 Å². The molecule has 1 aliphatic rings. The zero-order valence-corrected chi connectivity index (χ0v) is 13.6. The van der Waals surface area contributed by atoms with E-state index < -0.39 is 15.4 Å². The number of rotatable bonds is 4. The Kier molecular flexibility index (Phi) is 4.42. The fourth-order valence-corrected chi connectivity index (χ4v) is 3.95. The van der Waals surface area contributed by atoms with Gasteiger partial charge in [0.1, 0.15) is 5.75 Å². The molecule has 1 fully saturated rings. The Morgan fingerprint density at radius 1 is 1.24 bits per heavy atom. The first kappa shape index (κ1) is 16.0. The molecular formula is C16H22O4S. The Morgan fingerprint density at radius 3 is 2.43 bits per heavy atom. The Morgan fingerprint density at radius 2 is 1.86 bits per heavy atom. The lowest BCUT2D eigenvalue weighted by atomic mass is 9.77. The molecule has 0 aliphatic heterocycles. The summed E-state index contributed by atoms with van der Waals surface area (Å²) >= 11 is 0. The van der Waals surface area contributed by atoms with Crippen molar-refractivity contribution in [3.05, 3.63) is 29.8 Å². The van der Waals surface area contributed by atoms with E-state index in [4.69, 9.17) is 4.18 Å². The SMILES string of the molecule is CC(=O)c1cccc(OS(=O)(=O)C2CCC(C)(C)CC2)c1. The van der Waals surface area contributed by atoms with Gasteiger partial charge in [0.25, 0.3) is 0 Å². The van der Waals surface area contributed by atoms with Gasteiger partial charge in [-0.05, 0) is 50.2 Å². The van der Waals surface area contributed by atoms with Crippen molar-refractivity contribution >= 4 is 15.9 Å². The van der Waals surface area contributed by atoms with Gasteiger partial charge in [0.2, 0.25) is 0 Å². The van der Waals surface area contributed by atoms with Crippen LogP contribution < -0.4 is 4.18 Å². The molecule has 0 N–H and O–H groups in total. The van der Waals surface area contributed by atoms with Crippen molar-refractivity contribution < 1.29 is 17.4 Å². The summed E-state index contributed by atoms with van der Waals surface area (Å²) in [5, 5.41) is -0.452. The van der Waals surface area contributed by atoms with Gasteiger partial charge in [0.15, 0.2) is 5.78 Å². The van der Waals surface area contributed by atoms with Crippen molar-refractivity contribution in [2.75, 3.05) is 0 Å². The van der Waals surface area contributed by atoms with E-state index in [9.17, 15) is 13.2 Å². The molecule has 0 radical (unpaired) electrons. The van der Waals surface area contributed by atoms with Crippen molar-refractivity contribution in [1.82, 2.24) is 0 Å². The highest BCUT2D eigenvalue weighted by molar-refractivity contribution is 7.87. The van der Waals surface area contributed by atoms with Gasteiger partial charge >= 0.3 is 10.1 Å². The topological polar surface area (TPSA) is 60.4 Å². The molecule has 116 valence electrons. The van der Waals surface area contributed by atoms with Gasteiger partial charge in [-0.3, -0.25) is 4.79 Å². The van der Waals surface area contributed by atoms with Crippen LogP contribution >= 0.6 is 0 Å². The molecule has 0 atom stereocenters. The molecule has 0 amide bonds. The van der Waals surface area contributed by atoms with E-state index in [0.717, 1.165) is 12.8 Å². The molecule has 2 rings (SSSR count). The first-order valence-corrected chi connectivity index (χ1v) is 8.71. The molecule has 0 heterocycles. The summed E-state index contributed by atoms with van der Waals surface area (Å²) in [5.74, 6) is 0.102. The van der Waals surface area contributed by atoms with Crippen LogP contribution in [0.15, 0.2) is 24.3 Å². The number of benzene rings is 1. The van der Waals surface area contributed by atoms with Gasteiger partial charge in [0.05, 0.1) is 5.25 Å². The largest absolute Gasteiger partial charge is 0.382 e.